The summed E-state index contributed by atoms with van der Waals surface area (Å²) in [5.74, 6) is 0.942. The van der Waals surface area contributed by atoms with Crippen molar-refractivity contribution in [2.45, 2.75) is 20.4 Å². The number of nitrogens with zero attached hydrogens (tertiary/aromatic N) is 4. The Morgan fingerprint density at radius 3 is 2.47 bits per heavy atom. The van der Waals surface area contributed by atoms with Gasteiger partial charge in [-0.15, -0.1) is 5.10 Å². The number of amides is 1. The van der Waals surface area contributed by atoms with E-state index in [0.717, 1.165) is 11.1 Å². The number of para-hydroxylation sites is 1. The summed E-state index contributed by atoms with van der Waals surface area (Å²) in [5.41, 5.74) is 2.93. The van der Waals surface area contributed by atoms with Crippen LogP contribution in [0.2, 0.25) is 5.02 Å². The summed E-state index contributed by atoms with van der Waals surface area (Å²) in [6.45, 7) is 5.15. The van der Waals surface area contributed by atoms with E-state index in [0.29, 0.717) is 41.1 Å². The molecule has 2 aromatic carbocycles. The predicted octanol–water partition coefficient (Wildman–Crippen LogP) is 4.71. The fraction of sp³-hybridized carbons (Fsp3) is 0.200. The number of benzene rings is 2. The first-order valence-corrected chi connectivity index (χ1v) is 11.3. The normalized spacial score (nSPS) is 10.7. The molecule has 9 heteroatoms. The molecule has 1 amide bonds. The summed E-state index contributed by atoms with van der Waals surface area (Å²) in [5, 5.41) is 11.8. The molecule has 0 saturated carbocycles. The molecule has 2 heterocycles. The molecule has 4 rings (SSSR count). The van der Waals surface area contributed by atoms with Gasteiger partial charge < -0.3 is 14.8 Å². The van der Waals surface area contributed by atoms with Gasteiger partial charge >= 0.3 is 0 Å². The molecule has 0 unspecified atom stereocenters. The third-order valence-electron chi connectivity index (χ3n) is 4.98. The molecule has 34 heavy (non-hydrogen) atoms. The van der Waals surface area contributed by atoms with E-state index in [1.807, 2.05) is 50.2 Å². The second kappa shape index (κ2) is 10.8. The van der Waals surface area contributed by atoms with E-state index in [-0.39, 0.29) is 18.1 Å². The number of aromatic nitrogens is 4. The van der Waals surface area contributed by atoms with Crippen LogP contribution in [0.25, 0.3) is 16.9 Å². The van der Waals surface area contributed by atoms with E-state index in [4.69, 9.17) is 21.1 Å². The van der Waals surface area contributed by atoms with Crippen LogP contribution in [0.5, 0.6) is 11.5 Å². The summed E-state index contributed by atoms with van der Waals surface area (Å²) in [7, 11) is 0. The van der Waals surface area contributed by atoms with E-state index in [1.54, 1.807) is 35.3 Å². The summed E-state index contributed by atoms with van der Waals surface area (Å²) >= 11 is 6.40. The Kier molecular flexibility index (Phi) is 7.39. The van der Waals surface area contributed by atoms with Gasteiger partial charge in [0.15, 0.2) is 17.2 Å². The van der Waals surface area contributed by atoms with E-state index in [2.05, 4.69) is 20.6 Å². The molecule has 0 spiro atoms. The number of rotatable bonds is 9. The average molecular weight is 478 g/mol. The zero-order chi connectivity index (χ0) is 23.9. The molecule has 0 aliphatic heterocycles. The van der Waals surface area contributed by atoms with Gasteiger partial charge in [0.1, 0.15) is 5.69 Å². The van der Waals surface area contributed by atoms with Gasteiger partial charge in [-0.05, 0) is 55.8 Å². The Balaban J connectivity index is 1.63. The molecular weight excluding hydrogens is 454 g/mol. The largest absolute Gasteiger partial charge is 0.490 e. The van der Waals surface area contributed by atoms with Crippen molar-refractivity contribution in [3.8, 4) is 28.4 Å². The molecule has 0 aliphatic carbocycles. The Labute approximate surface area is 202 Å². The molecule has 0 saturated heterocycles. The lowest BCUT2D eigenvalue weighted by Gasteiger charge is -2.13. The highest BCUT2D eigenvalue weighted by molar-refractivity contribution is 6.32. The monoisotopic (exact) mass is 477 g/mol. The Bertz CT molecular complexity index is 1280. The van der Waals surface area contributed by atoms with Crippen molar-refractivity contribution in [1.82, 2.24) is 25.3 Å². The van der Waals surface area contributed by atoms with Gasteiger partial charge in [-0.1, -0.05) is 35.0 Å². The van der Waals surface area contributed by atoms with Gasteiger partial charge in [0, 0.05) is 24.5 Å². The first-order valence-electron chi connectivity index (χ1n) is 10.9. The lowest BCUT2D eigenvalue weighted by atomic mass is 10.1. The number of pyridine rings is 1. The fourth-order valence-electron chi connectivity index (χ4n) is 3.47. The zero-order valence-corrected chi connectivity index (χ0v) is 19.6. The highest BCUT2D eigenvalue weighted by atomic mass is 35.5. The first kappa shape index (κ1) is 23.3. The standard InChI is InChI=1S/C25H24ClN5O3/c1-3-33-21-10-9-17(15-22(21)34-4-2)16-28-25(32)23-24(18-11-13-27-14-12-18)31(30-29-23)20-8-6-5-7-19(20)26/h5-15H,3-4,16H2,1-2H3,(H,28,32). The zero-order valence-electron chi connectivity index (χ0n) is 18.9. The maximum Gasteiger partial charge on any atom is 0.274 e. The molecule has 2 aromatic heterocycles. The minimum atomic E-state index is -0.364. The van der Waals surface area contributed by atoms with Gasteiger partial charge in [-0.2, -0.15) is 0 Å². The summed E-state index contributed by atoms with van der Waals surface area (Å²) in [6.07, 6.45) is 3.30. The van der Waals surface area contributed by atoms with Gasteiger partial charge in [-0.3, -0.25) is 9.78 Å². The van der Waals surface area contributed by atoms with Crippen LogP contribution in [0.3, 0.4) is 0 Å². The molecule has 0 radical (unpaired) electrons. The van der Waals surface area contributed by atoms with Crippen molar-refractivity contribution < 1.29 is 14.3 Å². The maximum absolute atomic E-state index is 13.2. The number of hydrogen-bond acceptors (Lipinski definition) is 6. The minimum absolute atomic E-state index is 0.182. The van der Waals surface area contributed by atoms with Crippen molar-refractivity contribution >= 4 is 17.5 Å². The van der Waals surface area contributed by atoms with E-state index >= 15 is 0 Å². The number of carbonyl (C=O) groups is 1. The summed E-state index contributed by atoms with van der Waals surface area (Å²) < 4.78 is 12.9. The third kappa shape index (κ3) is 5.02. The Morgan fingerprint density at radius 1 is 1.00 bits per heavy atom. The van der Waals surface area contributed by atoms with Crippen molar-refractivity contribution in [2.24, 2.45) is 0 Å². The van der Waals surface area contributed by atoms with Crippen LogP contribution in [-0.2, 0) is 6.54 Å². The fourth-order valence-corrected chi connectivity index (χ4v) is 3.68. The molecule has 8 nitrogen and oxygen atoms in total. The first-order chi connectivity index (χ1) is 16.6. The van der Waals surface area contributed by atoms with Gasteiger partial charge in [0.05, 0.1) is 23.9 Å². The Hall–Kier alpha value is -3.91. The maximum atomic E-state index is 13.2. The van der Waals surface area contributed by atoms with Crippen LogP contribution in [0.1, 0.15) is 29.9 Å². The molecule has 4 aromatic rings. The quantitative estimate of drug-likeness (QED) is 0.375. The SMILES string of the molecule is CCOc1ccc(CNC(=O)c2nnn(-c3ccccc3Cl)c2-c2ccncc2)cc1OCC. The van der Waals surface area contributed by atoms with Crippen molar-refractivity contribution in [3.05, 3.63) is 83.3 Å². The van der Waals surface area contributed by atoms with Crippen LogP contribution in [-0.4, -0.2) is 39.1 Å². The van der Waals surface area contributed by atoms with Gasteiger partial charge in [0.2, 0.25) is 0 Å². The highest BCUT2D eigenvalue weighted by Gasteiger charge is 2.23. The second-order valence-corrected chi connectivity index (χ2v) is 7.62. The van der Waals surface area contributed by atoms with Crippen LogP contribution in [0, 0.1) is 0 Å². The van der Waals surface area contributed by atoms with Crippen molar-refractivity contribution in [1.29, 1.82) is 0 Å². The van der Waals surface area contributed by atoms with Crippen LogP contribution >= 0.6 is 11.6 Å². The summed E-state index contributed by atoms with van der Waals surface area (Å²) in [4.78, 5) is 17.3. The van der Waals surface area contributed by atoms with Crippen molar-refractivity contribution in [3.63, 3.8) is 0 Å². The highest BCUT2D eigenvalue weighted by Crippen LogP contribution is 2.30. The Morgan fingerprint density at radius 2 is 1.74 bits per heavy atom. The molecule has 174 valence electrons. The average Bonchev–Trinajstić information content (AvgIpc) is 3.30. The van der Waals surface area contributed by atoms with E-state index < -0.39 is 0 Å². The number of nitrogens with one attached hydrogen (secondary N) is 1. The van der Waals surface area contributed by atoms with Crippen LogP contribution in [0.15, 0.2) is 67.0 Å². The lowest BCUT2D eigenvalue weighted by Crippen LogP contribution is -2.24. The van der Waals surface area contributed by atoms with Crippen LogP contribution in [0.4, 0.5) is 0 Å². The second-order valence-electron chi connectivity index (χ2n) is 7.22. The number of carbonyl (C=O) groups excluding carboxylic acids is 1. The summed E-state index contributed by atoms with van der Waals surface area (Å²) in [6, 6.07) is 16.4. The van der Waals surface area contributed by atoms with Crippen molar-refractivity contribution in [2.75, 3.05) is 13.2 Å². The van der Waals surface area contributed by atoms with E-state index in [9.17, 15) is 4.79 Å². The minimum Gasteiger partial charge on any atom is -0.490 e. The van der Waals surface area contributed by atoms with Crippen LogP contribution < -0.4 is 14.8 Å². The third-order valence-corrected chi connectivity index (χ3v) is 5.30. The van der Waals surface area contributed by atoms with Gasteiger partial charge in [0.25, 0.3) is 5.91 Å². The van der Waals surface area contributed by atoms with E-state index in [1.165, 1.54) is 0 Å². The molecular formula is C25H24ClN5O3. The number of ether oxygens (including phenoxy) is 2. The number of hydrogen-bond donors (Lipinski definition) is 1. The number of halogens is 1. The molecule has 0 aliphatic rings. The molecule has 1 N–H and O–H groups in total. The predicted molar refractivity (Wildman–Crippen MR) is 130 cm³/mol. The molecule has 0 fully saturated rings. The topological polar surface area (TPSA) is 91.2 Å². The molecule has 0 atom stereocenters. The molecule has 0 bridgehead atoms. The lowest BCUT2D eigenvalue weighted by molar-refractivity contribution is 0.0946. The van der Waals surface area contributed by atoms with Gasteiger partial charge in [-0.25, -0.2) is 4.68 Å². The smallest absolute Gasteiger partial charge is 0.274 e.